The van der Waals surface area contributed by atoms with Crippen LogP contribution >= 0.6 is 7.60 Å². The normalized spacial score (nSPS) is 12.3. The third-order valence-electron chi connectivity index (χ3n) is 5.60. The molecule has 0 amide bonds. The highest BCUT2D eigenvalue weighted by atomic mass is 31.2. The standard InChI is InChI=1S/C26H34N3O4P/c1-3-5-10-23(22-11-7-6-8-12-22)18-25-28-29-26(33-25)24-14-13-20(17-21(24)4-2)19-27-15-9-16-34(30,31)32/h6-8,11-14,17-18,27H,3-5,9-10,15-16,19H2,1-2H3,(H2,30,31,32)/b23-18-. The molecule has 1 heterocycles. The summed E-state index contributed by atoms with van der Waals surface area (Å²) in [7, 11) is -3.93. The van der Waals surface area contributed by atoms with Crippen LogP contribution in [0.3, 0.4) is 0 Å². The van der Waals surface area contributed by atoms with Crippen LogP contribution in [0.4, 0.5) is 0 Å². The molecule has 0 aliphatic carbocycles. The lowest BCUT2D eigenvalue weighted by Crippen LogP contribution is -2.16. The van der Waals surface area contributed by atoms with Crippen LogP contribution < -0.4 is 5.32 Å². The van der Waals surface area contributed by atoms with E-state index in [-0.39, 0.29) is 6.16 Å². The van der Waals surface area contributed by atoms with Gasteiger partial charge in [-0.05, 0) is 60.6 Å². The molecule has 0 radical (unpaired) electrons. The maximum atomic E-state index is 10.9. The minimum absolute atomic E-state index is 0.0997. The van der Waals surface area contributed by atoms with E-state index in [0.29, 0.717) is 31.3 Å². The Morgan fingerprint density at radius 2 is 1.88 bits per heavy atom. The maximum Gasteiger partial charge on any atom is 0.325 e. The van der Waals surface area contributed by atoms with Gasteiger partial charge in [0.1, 0.15) is 0 Å². The molecule has 0 saturated heterocycles. The van der Waals surface area contributed by atoms with E-state index in [1.54, 1.807) is 0 Å². The monoisotopic (exact) mass is 483 g/mol. The second-order valence-corrected chi connectivity index (χ2v) is 10.1. The lowest BCUT2D eigenvalue weighted by atomic mass is 10.00. The van der Waals surface area contributed by atoms with E-state index < -0.39 is 7.60 Å². The Kier molecular flexibility index (Phi) is 9.78. The smallest absolute Gasteiger partial charge is 0.325 e. The van der Waals surface area contributed by atoms with Gasteiger partial charge in [0, 0.05) is 18.2 Å². The third-order valence-corrected chi connectivity index (χ3v) is 6.49. The van der Waals surface area contributed by atoms with Crippen LogP contribution in [0.25, 0.3) is 23.1 Å². The molecule has 2 aromatic carbocycles. The number of rotatable bonds is 13. The molecule has 3 N–H and O–H groups in total. The summed E-state index contributed by atoms with van der Waals surface area (Å²) in [5.74, 6) is 1.01. The number of nitrogens with zero attached hydrogens (tertiary/aromatic N) is 2. The summed E-state index contributed by atoms with van der Waals surface area (Å²) in [4.78, 5) is 17.9. The number of hydrogen-bond acceptors (Lipinski definition) is 5. The molecular formula is C26H34N3O4P. The summed E-state index contributed by atoms with van der Waals surface area (Å²) in [5, 5.41) is 11.8. The molecule has 34 heavy (non-hydrogen) atoms. The van der Waals surface area contributed by atoms with Crippen LogP contribution in [0.2, 0.25) is 0 Å². The average Bonchev–Trinajstić information content (AvgIpc) is 3.29. The van der Waals surface area contributed by atoms with Crippen molar-refractivity contribution < 1.29 is 18.8 Å². The van der Waals surface area contributed by atoms with Crippen molar-refractivity contribution in [2.75, 3.05) is 12.7 Å². The van der Waals surface area contributed by atoms with Crippen LogP contribution in [0.15, 0.2) is 52.9 Å². The molecule has 3 rings (SSSR count). The Morgan fingerprint density at radius 1 is 1.09 bits per heavy atom. The van der Waals surface area contributed by atoms with Gasteiger partial charge in [0.25, 0.3) is 0 Å². The lowest BCUT2D eigenvalue weighted by Gasteiger charge is -2.09. The van der Waals surface area contributed by atoms with Gasteiger partial charge < -0.3 is 19.5 Å². The van der Waals surface area contributed by atoms with E-state index in [2.05, 4.69) is 47.6 Å². The minimum atomic E-state index is -3.93. The van der Waals surface area contributed by atoms with E-state index in [4.69, 9.17) is 14.2 Å². The first-order valence-corrected chi connectivity index (χ1v) is 13.7. The van der Waals surface area contributed by atoms with Crippen molar-refractivity contribution in [3.05, 3.63) is 71.1 Å². The Hall–Kier alpha value is -2.57. The SMILES string of the molecule is CCCC/C(=C/c1nnc(-c2ccc(CNCCCP(=O)(O)O)cc2CC)o1)c1ccccc1. The van der Waals surface area contributed by atoms with E-state index in [0.717, 1.165) is 42.4 Å². The number of allylic oxidation sites excluding steroid dienone is 1. The van der Waals surface area contributed by atoms with Gasteiger partial charge in [0.05, 0.1) is 6.16 Å². The van der Waals surface area contributed by atoms with Crippen LogP contribution in [-0.4, -0.2) is 32.7 Å². The lowest BCUT2D eigenvalue weighted by molar-refractivity contribution is 0.371. The molecule has 0 aliphatic rings. The van der Waals surface area contributed by atoms with Crippen LogP contribution in [0.5, 0.6) is 0 Å². The Morgan fingerprint density at radius 3 is 2.59 bits per heavy atom. The maximum absolute atomic E-state index is 10.9. The van der Waals surface area contributed by atoms with Crippen molar-refractivity contribution in [1.29, 1.82) is 0 Å². The minimum Gasteiger partial charge on any atom is -0.417 e. The fraction of sp³-hybridized carbons (Fsp3) is 0.385. The predicted molar refractivity (Wildman–Crippen MR) is 136 cm³/mol. The molecule has 7 nitrogen and oxygen atoms in total. The van der Waals surface area contributed by atoms with Gasteiger partial charge in [0.15, 0.2) is 0 Å². The summed E-state index contributed by atoms with van der Waals surface area (Å²) >= 11 is 0. The van der Waals surface area contributed by atoms with Gasteiger partial charge in [-0.25, -0.2) is 0 Å². The zero-order valence-corrected chi connectivity index (χ0v) is 20.8. The summed E-state index contributed by atoms with van der Waals surface area (Å²) in [5.41, 5.74) is 5.50. The molecule has 8 heteroatoms. The molecule has 182 valence electrons. The molecule has 0 bridgehead atoms. The fourth-order valence-corrected chi connectivity index (χ4v) is 4.34. The fourth-order valence-electron chi connectivity index (χ4n) is 3.77. The summed E-state index contributed by atoms with van der Waals surface area (Å²) in [6, 6.07) is 16.4. The number of aromatic nitrogens is 2. The first kappa shape index (κ1) is 26.0. The van der Waals surface area contributed by atoms with Gasteiger partial charge in [-0.15, -0.1) is 10.2 Å². The zero-order chi connectivity index (χ0) is 24.4. The van der Waals surface area contributed by atoms with Crippen molar-refractivity contribution in [1.82, 2.24) is 15.5 Å². The summed E-state index contributed by atoms with van der Waals surface area (Å²) < 4.78 is 17.0. The molecule has 0 unspecified atom stereocenters. The molecular weight excluding hydrogens is 449 g/mol. The van der Waals surface area contributed by atoms with Crippen LogP contribution in [0, 0.1) is 0 Å². The second-order valence-electron chi connectivity index (χ2n) is 8.35. The number of aryl methyl sites for hydroxylation is 1. The topological polar surface area (TPSA) is 108 Å². The Balaban J connectivity index is 1.72. The first-order chi connectivity index (χ1) is 16.4. The average molecular weight is 484 g/mol. The largest absolute Gasteiger partial charge is 0.417 e. The van der Waals surface area contributed by atoms with Crippen LogP contribution in [-0.2, 0) is 17.5 Å². The van der Waals surface area contributed by atoms with Crippen molar-refractivity contribution >= 4 is 19.2 Å². The molecule has 0 aliphatic heterocycles. The molecule has 0 atom stereocenters. The molecule has 3 aromatic rings. The van der Waals surface area contributed by atoms with Crippen molar-refractivity contribution in [3.8, 4) is 11.5 Å². The highest BCUT2D eigenvalue weighted by Crippen LogP contribution is 2.34. The molecule has 0 spiro atoms. The van der Waals surface area contributed by atoms with E-state index >= 15 is 0 Å². The molecule has 1 aromatic heterocycles. The van der Waals surface area contributed by atoms with E-state index in [9.17, 15) is 4.57 Å². The van der Waals surface area contributed by atoms with Crippen molar-refractivity contribution in [3.63, 3.8) is 0 Å². The highest BCUT2D eigenvalue weighted by molar-refractivity contribution is 7.51. The van der Waals surface area contributed by atoms with Gasteiger partial charge in [-0.1, -0.05) is 62.7 Å². The zero-order valence-electron chi connectivity index (χ0n) is 19.9. The van der Waals surface area contributed by atoms with E-state index in [1.165, 1.54) is 11.1 Å². The van der Waals surface area contributed by atoms with Gasteiger partial charge in [0.2, 0.25) is 11.8 Å². The van der Waals surface area contributed by atoms with Gasteiger partial charge in [-0.2, -0.15) is 0 Å². The number of nitrogens with one attached hydrogen (secondary N) is 1. The quantitative estimate of drug-likeness (QED) is 0.212. The predicted octanol–water partition coefficient (Wildman–Crippen LogP) is 5.69. The Labute approximate surface area is 201 Å². The Bertz CT molecular complexity index is 1120. The number of benzene rings is 2. The van der Waals surface area contributed by atoms with Crippen molar-refractivity contribution in [2.24, 2.45) is 0 Å². The number of hydrogen-bond donors (Lipinski definition) is 3. The van der Waals surface area contributed by atoms with E-state index in [1.807, 2.05) is 36.4 Å². The highest BCUT2D eigenvalue weighted by Gasteiger charge is 2.14. The summed E-state index contributed by atoms with van der Waals surface area (Å²) in [6.45, 7) is 5.45. The van der Waals surface area contributed by atoms with Crippen LogP contribution in [0.1, 0.15) is 62.1 Å². The first-order valence-electron chi connectivity index (χ1n) is 11.9. The van der Waals surface area contributed by atoms with Gasteiger partial charge >= 0.3 is 7.60 Å². The second kappa shape index (κ2) is 12.8. The third kappa shape index (κ3) is 8.03. The molecule has 0 fully saturated rings. The number of unbranched alkanes of at least 4 members (excludes halogenated alkanes) is 1. The molecule has 0 saturated carbocycles. The van der Waals surface area contributed by atoms with Gasteiger partial charge in [-0.3, -0.25) is 4.57 Å². The van der Waals surface area contributed by atoms with Crippen molar-refractivity contribution in [2.45, 2.75) is 52.5 Å². The summed E-state index contributed by atoms with van der Waals surface area (Å²) in [6.07, 6.45) is 6.31.